The molecule has 2 aliphatic rings. The quantitative estimate of drug-likeness (QED) is 0.557. The zero-order valence-electron chi connectivity index (χ0n) is 6.76. The summed E-state index contributed by atoms with van der Waals surface area (Å²) >= 11 is 0. The Morgan fingerprint density at radius 1 is 1.55 bits per heavy atom. The van der Waals surface area contributed by atoms with E-state index in [1.54, 1.807) is 0 Å². The van der Waals surface area contributed by atoms with Crippen LogP contribution in [0.1, 0.15) is 13.8 Å². The van der Waals surface area contributed by atoms with E-state index in [1.165, 1.54) is 11.1 Å². The van der Waals surface area contributed by atoms with Crippen LogP contribution in [0.25, 0.3) is 0 Å². The van der Waals surface area contributed by atoms with Gasteiger partial charge in [-0.25, -0.2) is 10.4 Å². The molecule has 0 saturated carbocycles. The number of rotatable bonds is 0. The van der Waals surface area contributed by atoms with E-state index in [0.717, 1.165) is 12.4 Å². The van der Waals surface area contributed by atoms with Crippen molar-refractivity contribution in [3.63, 3.8) is 0 Å². The van der Waals surface area contributed by atoms with E-state index in [9.17, 15) is 0 Å². The summed E-state index contributed by atoms with van der Waals surface area (Å²) in [4.78, 5) is 4.30. The Bertz CT molecular complexity index is 273. The molecule has 0 aromatic rings. The van der Waals surface area contributed by atoms with Gasteiger partial charge < -0.3 is 0 Å². The molecule has 2 heterocycles. The molecule has 0 aromatic carbocycles. The van der Waals surface area contributed by atoms with Crippen LogP contribution in [0.3, 0.4) is 0 Å². The first kappa shape index (κ1) is 6.61. The number of nitrogens with one attached hydrogen (secondary N) is 1. The molecule has 0 aliphatic carbocycles. The Balaban J connectivity index is 2.37. The average Bonchev–Trinajstić information content (AvgIpc) is 2.32. The van der Waals surface area contributed by atoms with E-state index < -0.39 is 0 Å². The normalized spacial score (nSPS) is 22.4. The number of hydrogen-bond donors (Lipinski definition) is 1. The largest absolute Gasteiger partial charge is 0.266 e. The lowest BCUT2D eigenvalue weighted by molar-refractivity contribution is 0.380. The van der Waals surface area contributed by atoms with Gasteiger partial charge >= 0.3 is 0 Å². The molecule has 0 saturated heterocycles. The SMILES string of the molecule is CC1=CN2NCC(C)=C2N=C1. The van der Waals surface area contributed by atoms with E-state index in [0.29, 0.717) is 0 Å². The molecule has 0 fully saturated rings. The maximum Gasteiger partial charge on any atom is 0.147 e. The zero-order chi connectivity index (χ0) is 7.84. The molecular formula is C8H11N3. The van der Waals surface area contributed by atoms with Crippen molar-refractivity contribution in [2.75, 3.05) is 6.54 Å². The fourth-order valence-electron chi connectivity index (χ4n) is 1.24. The maximum atomic E-state index is 4.30. The van der Waals surface area contributed by atoms with Crippen LogP contribution >= 0.6 is 0 Å². The second-order valence-corrected chi connectivity index (χ2v) is 2.94. The Labute approximate surface area is 66.1 Å². The third-order valence-electron chi connectivity index (χ3n) is 1.85. The second kappa shape index (κ2) is 2.20. The lowest BCUT2D eigenvalue weighted by Crippen LogP contribution is -2.27. The molecule has 0 unspecified atom stereocenters. The summed E-state index contributed by atoms with van der Waals surface area (Å²) in [5.74, 6) is 1.05. The topological polar surface area (TPSA) is 27.6 Å². The molecular weight excluding hydrogens is 138 g/mol. The summed E-state index contributed by atoms with van der Waals surface area (Å²) < 4.78 is 0. The second-order valence-electron chi connectivity index (χ2n) is 2.94. The Hall–Kier alpha value is -1.09. The Kier molecular flexibility index (Phi) is 1.32. The standard InChI is InChI=1S/C8H11N3/c1-6-3-9-8-7(2)4-10-11(8)5-6/h3,5,10H,4H2,1-2H3. The van der Waals surface area contributed by atoms with Crippen molar-refractivity contribution in [2.45, 2.75) is 13.8 Å². The van der Waals surface area contributed by atoms with Crippen molar-refractivity contribution in [2.24, 2.45) is 4.99 Å². The highest BCUT2D eigenvalue weighted by molar-refractivity contribution is 5.79. The van der Waals surface area contributed by atoms with Crippen LogP contribution in [0.4, 0.5) is 0 Å². The first-order valence-electron chi connectivity index (χ1n) is 3.72. The van der Waals surface area contributed by atoms with Gasteiger partial charge in [-0.15, -0.1) is 0 Å². The van der Waals surface area contributed by atoms with Crippen LogP contribution in [0, 0.1) is 0 Å². The molecule has 58 valence electrons. The van der Waals surface area contributed by atoms with Crippen LogP contribution in [0.15, 0.2) is 28.2 Å². The molecule has 0 atom stereocenters. The molecule has 11 heavy (non-hydrogen) atoms. The van der Waals surface area contributed by atoms with Gasteiger partial charge in [0.25, 0.3) is 0 Å². The molecule has 3 nitrogen and oxygen atoms in total. The molecule has 0 amide bonds. The van der Waals surface area contributed by atoms with E-state index in [4.69, 9.17) is 0 Å². The van der Waals surface area contributed by atoms with Gasteiger partial charge in [0.1, 0.15) is 5.82 Å². The van der Waals surface area contributed by atoms with Crippen LogP contribution in [0.2, 0.25) is 0 Å². The third kappa shape index (κ3) is 0.973. The highest BCUT2D eigenvalue weighted by Crippen LogP contribution is 2.19. The van der Waals surface area contributed by atoms with E-state index in [2.05, 4.69) is 23.5 Å². The number of hydrogen-bond acceptors (Lipinski definition) is 3. The van der Waals surface area contributed by atoms with Crippen LogP contribution < -0.4 is 5.43 Å². The van der Waals surface area contributed by atoms with Gasteiger partial charge in [-0.2, -0.15) is 0 Å². The van der Waals surface area contributed by atoms with Crippen molar-refractivity contribution in [1.82, 2.24) is 10.4 Å². The van der Waals surface area contributed by atoms with Crippen molar-refractivity contribution < 1.29 is 0 Å². The van der Waals surface area contributed by atoms with Crippen molar-refractivity contribution in [3.8, 4) is 0 Å². The summed E-state index contributed by atoms with van der Waals surface area (Å²) in [7, 11) is 0. The molecule has 0 bridgehead atoms. The van der Waals surface area contributed by atoms with Crippen LogP contribution in [0.5, 0.6) is 0 Å². The van der Waals surface area contributed by atoms with E-state index in [1.807, 2.05) is 18.1 Å². The fourth-order valence-corrected chi connectivity index (χ4v) is 1.24. The van der Waals surface area contributed by atoms with Crippen LogP contribution in [-0.2, 0) is 0 Å². The average molecular weight is 149 g/mol. The minimum absolute atomic E-state index is 0.913. The van der Waals surface area contributed by atoms with Crippen LogP contribution in [-0.4, -0.2) is 17.8 Å². The van der Waals surface area contributed by atoms with Gasteiger partial charge in [0.05, 0.1) is 0 Å². The number of allylic oxidation sites excluding steroid dienone is 1. The minimum Gasteiger partial charge on any atom is -0.266 e. The molecule has 2 aliphatic heterocycles. The number of hydrazine groups is 1. The Morgan fingerprint density at radius 3 is 3.18 bits per heavy atom. The highest BCUT2D eigenvalue weighted by Gasteiger charge is 2.18. The number of fused-ring (bicyclic) bond motifs is 1. The molecule has 0 aromatic heterocycles. The lowest BCUT2D eigenvalue weighted by atomic mass is 10.3. The smallest absolute Gasteiger partial charge is 0.147 e. The maximum absolute atomic E-state index is 4.30. The van der Waals surface area contributed by atoms with E-state index >= 15 is 0 Å². The summed E-state index contributed by atoms with van der Waals surface area (Å²) in [5, 5.41) is 1.98. The van der Waals surface area contributed by atoms with Gasteiger partial charge in [-0.05, 0) is 25.0 Å². The number of aliphatic imine (C=N–C) groups is 1. The van der Waals surface area contributed by atoms with E-state index in [-0.39, 0.29) is 0 Å². The summed E-state index contributed by atoms with van der Waals surface area (Å²) in [6.07, 6.45) is 3.95. The lowest BCUT2D eigenvalue weighted by Gasteiger charge is -2.18. The first-order valence-corrected chi connectivity index (χ1v) is 3.72. The predicted molar refractivity (Wildman–Crippen MR) is 44.8 cm³/mol. The molecule has 2 rings (SSSR count). The van der Waals surface area contributed by atoms with Gasteiger partial charge in [-0.1, -0.05) is 0 Å². The van der Waals surface area contributed by atoms with Gasteiger partial charge in [-0.3, -0.25) is 5.01 Å². The van der Waals surface area contributed by atoms with Gasteiger partial charge in [0.15, 0.2) is 0 Å². The van der Waals surface area contributed by atoms with Crippen molar-refractivity contribution in [1.29, 1.82) is 0 Å². The van der Waals surface area contributed by atoms with Gasteiger partial charge in [0.2, 0.25) is 0 Å². The summed E-state index contributed by atoms with van der Waals surface area (Å²) in [6.45, 7) is 5.04. The van der Waals surface area contributed by atoms with Crippen molar-refractivity contribution >= 4 is 6.21 Å². The van der Waals surface area contributed by atoms with Gasteiger partial charge in [0, 0.05) is 19.0 Å². The minimum atomic E-state index is 0.913. The first-order chi connectivity index (χ1) is 5.27. The highest BCUT2D eigenvalue weighted by atomic mass is 15.5. The predicted octanol–water partition coefficient (Wildman–Crippen LogP) is 1.03. The summed E-state index contributed by atoms with van der Waals surface area (Å²) in [6, 6.07) is 0. The zero-order valence-corrected chi connectivity index (χ0v) is 6.76. The third-order valence-corrected chi connectivity index (χ3v) is 1.85. The van der Waals surface area contributed by atoms with Crippen molar-refractivity contribution in [3.05, 3.63) is 23.2 Å². The Morgan fingerprint density at radius 2 is 2.36 bits per heavy atom. The molecule has 1 N–H and O–H groups in total. The monoisotopic (exact) mass is 149 g/mol. The summed E-state index contributed by atoms with van der Waals surface area (Å²) in [5.41, 5.74) is 5.68. The molecule has 0 spiro atoms. The number of nitrogens with zero attached hydrogens (tertiary/aromatic N) is 2. The molecule has 3 heteroatoms. The molecule has 0 radical (unpaired) electrons. The fraction of sp³-hybridized carbons (Fsp3) is 0.375.